The van der Waals surface area contributed by atoms with E-state index in [1.54, 1.807) is 12.1 Å². The number of phenols is 1. The number of rotatable bonds is 2. The highest BCUT2D eigenvalue weighted by molar-refractivity contribution is 5.97. The first-order valence-corrected chi connectivity index (χ1v) is 7.49. The number of aliphatic imine (C=N–C) groups is 1. The largest absolute Gasteiger partial charge is 0.508 e. The SMILES string of the molecule is CC(C)(C)C1CCC(N=C(N)c2ccc(O)cc2)CC1. The molecule has 0 radical (unpaired) electrons. The fourth-order valence-electron chi connectivity index (χ4n) is 2.97. The standard InChI is InChI=1S/C17H26N2O/c1-17(2,3)13-6-8-14(9-7-13)19-16(18)12-4-10-15(20)11-5-12/h4-5,10-11,13-14,20H,6-9H2,1-3H3,(H2,18,19). The number of hydrogen-bond acceptors (Lipinski definition) is 2. The van der Waals surface area contributed by atoms with E-state index in [1.807, 2.05) is 12.1 Å². The van der Waals surface area contributed by atoms with Crippen molar-refractivity contribution in [3.05, 3.63) is 29.8 Å². The second kappa shape index (κ2) is 5.86. The Morgan fingerprint density at radius 2 is 1.65 bits per heavy atom. The third kappa shape index (κ3) is 3.75. The van der Waals surface area contributed by atoms with Crippen LogP contribution in [0.25, 0.3) is 0 Å². The van der Waals surface area contributed by atoms with Crippen LogP contribution < -0.4 is 5.73 Å². The Hall–Kier alpha value is -1.51. The van der Waals surface area contributed by atoms with Crippen molar-refractivity contribution in [2.75, 3.05) is 0 Å². The molecule has 0 saturated heterocycles. The Bertz CT molecular complexity index is 463. The van der Waals surface area contributed by atoms with Crippen LogP contribution in [-0.2, 0) is 0 Å². The van der Waals surface area contributed by atoms with E-state index in [1.165, 1.54) is 12.8 Å². The van der Waals surface area contributed by atoms with Crippen LogP contribution in [0.3, 0.4) is 0 Å². The van der Waals surface area contributed by atoms with Gasteiger partial charge in [-0.1, -0.05) is 20.8 Å². The predicted molar refractivity (Wildman–Crippen MR) is 84.0 cm³/mol. The van der Waals surface area contributed by atoms with Crippen molar-refractivity contribution in [2.45, 2.75) is 52.5 Å². The second-order valence-corrected chi connectivity index (χ2v) is 6.93. The van der Waals surface area contributed by atoms with Crippen molar-refractivity contribution < 1.29 is 5.11 Å². The van der Waals surface area contributed by atoms with Gasteiger partial charge in [0.25, 0.3) is 0 Å². The molecule has 2 rings (SSSR count). The predicted octanol–water partition coefficient (Wildman–Crippen LogP) is 3.70. The molecule has 110 valence electrons. The summed E-state index contributed by atoms with van der Waals surface area (Å²) < 4.78 is 0. The highest BCUT2D eigenvalue weighted by atomic mass is 16.3. The number of phenolic OH excluding ortho intramolecular Hbond substituents is 1. The molecule has 0 aromatic heterocycles. The average molecular weight is 274 g/mol. The first-order valence-electron chi connectivity index (χ1n) is 7.49. The van der Waals surface area contributed by atoms with Crippen LogP contribution in [0.2, 0.25) is 0 Å². The fourth-order valence-corrected chi connectivity index (χ4v) is 2.97. The molecule has 1 fully saturated rings. The lowest BCUT2D eigenvalue weighted by atomic mass is 9.71. The van der Waals surface area contributed by atoms with E-state index in [0.29, 0.717) is 17.3 Å². The Morgan fingerprint density at radius 1 is 1.10 bits per heavy atom. The topological polar surface area (TPSA) is 58.6 Å². The van der Waals surface area contributed by atoms with Crippen molar-refractivity contribution in [3.63, 3.8) is 0 Å². The normalized spacial score (nSPS) is 24.6. The van der Waals surface area contributed by atoms with Gasteiger partial charge >= 0.3 is 0 Å². The van der Waals surface area contributed by atoms with Crippen molar-refractivity contribution in [2.24, 2.45) is 22.1 Å². The number of amidine groups is 1. The molecule has 1 aliphatic carbocycles. The van der Waals surface area contributed by atoms with E-state index < -0.39 is 0 Å². The Morgan fingerprint density at radius 3 is 2.15 bits per heavy atom. The molecule has 3 N–H and O–H groups in total. The summed E-state index contributed by atoms with van der Waals surface area (Å²) in [5, 5.41) is 9.28. The monoisotopic (exact) mass is 274 g/mol. The third-order valence-corrected chi connectivity index (χ3v) is 4.41. The maximum Gasteiger partial charge on any atom is 0.125 e. The molecule has 0 unspecified atom stereocenters. The van der Waals surface area contributed by atoms with Gasteiger partial charge in [0.05, 0.1) is 6.04 Å². The lowest BCUT2D eigenvalue weighted by Gasteiger charge is -2.36. The molecular formula is C17H26N2O. The van der Waals surface area contributed by atoms with E-state index in [2.05, 4.69) is 25.8 Å². The van der Waals surface area contributed by atoms with Gasteiger partial charge in [-0.25, -0.2) is 0 Å². The van der Waals surface area contributed by atoms with Crippen molar-refractivity contribution >= 4 is 5.84 Å². The lowest BCUT2D eigenvalue weighted by molar-refractivity contribution is 0.170. The lowest BCUT2D eigenvalue weighted by Crippen LogP contribution is -2.28. The second-order valence-electron chi connectivity index (χ2n) is 6.93. The van der Waals surface area contributed by atoms with Crippen LogP contribution in [0.15, 0.2) is 29.3 Å². The van der Waals surface area contributed by atoms with Gasteiger partial charge in [0.15, 0.2) is 0 Å². The fraction of sp³-hybridized carbons (Fsp3) is 0.588. The highest BCUT2D eigenvalue weighted by Crippen LogP contribution is 2.38. The van der Waals surface area contributed by atoms with E-state index >= 15 is 0 Å². The Labute approximate surface area is 121 Å². The highest BCUT2D eigenvalue weighted by Gasteiger charge is 2.29. The van der Waals surface area contributed by atoms with Crippen LogP contribution in [0.4, 0.5) is 0 Å². The number of nitrogens with zero attached hydrogens (tertiary/aromatic N) is 1. The summed E-state index contributed by atoms with van der Waals surface area (Å²) in [6.07, 6.45) is 4.72. The van der Waals surface area contributed by atoms with Crippen molar-refractivity contribution in [1.82, 2.24) is 0 Å². The molecule has 0 bridgehead atoms. The molecule has 0 aliphatic heterocycles. The smallest absolute Gasteiger partial charge is 0.125 e. The van der Waals surface area contributed by atoms with Crippen molar-refractivity contribution in [1.29, 1.82) is 0 Å². The van der Waals surface area contributed by atoms with Crippen LogP contribution in [0, 0.1) is 11.3 Å². The van der Waals surface area contributed by atoms with Gasteiger partial charge in [-0.05, 0) is 61.3 Å². The van der Waals surface area contributed by atoms with Gasteiger partial charge in [0.1, 0.15) is 11.6 Å². The molecule has 0 heterocycles. The number of aromatic hydroxyl groups is 1. The number of benzene rings is 1. The molecule has 3 nitrogen and oxygen atoms in total. The summed E-state index contributed by atoms with van der Waals surface area (Å²) >= 11 is 0. The van der Waals surface area contributed by atoms with Crippen molar-refractivity contribution in [3.8, 4) is 5.75 Å². The first-order chi connectivity index (χ1) is 9.36. The molecule has 0 atom stereocenters. The van der Waals surface area contributed by atoms with Gasteiger partial charge in [0.2, 0.25) is 0 Å². The minimum Gasteiger partial charge on any atom is -0.508 e. The van der Waals surface area contributed by atoms with E-state index in [0.717, 1.165) is 24.3 Å². The van der Waals surface area contributed by atoms with Gasteiger partial charge in [0, 0.05) is 5.56 Å². The number of hydrogen-bond donors (Lipinski definition) is 2. The molecule has 3 heteroatoms. The molecule has 1 aromatic carbocycles. The first kappa shape index (κ1) is 14.9. The van der Waals surface area contributed by atoms with Gasteiger partial charge < -0.3 is 10.8 Å². The Balaban J connectivity index is 1.97. The molecule has 0 spiro atoms. The van der Waals surface area contributed by atoms with Gasteiger partial charge in [-0.3, -0.25) is 4.99 Å². The molecule has 20 heavy (non-hydrogen) atoms. The zero-order valence-corrected chi connectivity index (χ0v) is 12.8. The van der Waals surface area contributed by atoms with Crippen LogP contribution in [0.5, 0.6) is 5.75 Å². The van der Waals surface area contributed by atoms with E-state index in [-0.39, 0.29) is 5.75 Å². The van der Waals surface area contributed by atoms with E-state index in [9.17, 15) is 5.11 Å². The molecule has 1 aromatic rings. The average Bonchev–Trinajstić information content (AvgIpc) is 2.39. The zero-order valence-electron chi connectivity index (χ0n) is 12.8. The minimum atomic E-state index is 0.257. The summed E-state index contributed by atoms with van der Waals surface area (Å²) in [6, 6.07) is 7.27. The molecule has 0 amide bonds. The maximum absolute atomic E-state index is 9.28. The number of nitrogens with two attached hydrogens (primary N) is 1. The van der Waals surface area contributed by atoms with E-state index in [4.69, 9.17) is 5.73 Å². The minimum absolute atomic E-state index is 0.257. The maximum atomic E-state index is 9.28. The van der Waals surface area contributed by atoms with Gasteiger partial charge in [-0.2, -0.15) is 0 Å². The summed E-state index contributed by atoms with van der Waals surface area (Å²) in [4.78, 5) is 4.67. The molecular weight excluding hydrogens is 248 g/mol. The summed E-state index contributed by atoms with van der Waals surface area (Å²) in [5.74, 6) is 1.64. The van der Waals surface area contributed by atoms with Crippen LogP contribution in [-0.4, -0.2) is 17.0 Å². The summed E-state index contributed by atoms with van der Waals surface area (Å²) in [5.41, 5.74) is 7.35. The molecule has 1 aliphatic rings. The van der Waals surface area contributed by atoms with Crippen LogP contribution in [0.1, 0.15) is 52.0 Å². The summed E-state index contributed by atoms with van der Waals surface area (Å²) in [7, 11) is 0. The Kier molecular flexibility index (Phi) is 4.36. The van der Waals surface area contributed by atoms with Crippen LogP contribution >= 0.6 is 0 Å². The zero-order chi connectivity index (χ0) is 14.8. The third-order valence-electron chi connectivity index (χ3n) is 4.41. The van der Waals surface area contributed by atoms with Gasteiger partial charge in [-0.15, -0.1) is 0 Å². The quantitative estimate of drug-likeness (QED) is 0.638. The summed E-state index contributed by atoms with van der Waals surface area (Å²) in [6.45, 7) is 6.98. The molecule has 1 saturated carbocycles.